The average Bonchev–Trinajstić information content (AvgIpc) is 3.14. The van der Waals surface area contributed by atoms with Crippen molar-refractivity contribution in [2.45, 2.75) is 6.04 Å². The molecule has 30 heavy (non-hydrogen) atoms. The molecule has 0 unspecified atom stereocenters. The van der Waals surface area contributed by atoms with E-state index in [1.54, 1.807) is 0 Å². The van der Waals surface area contributed by atoms with Crippen LogP contribution < -0.4 is 9.47 Å². The monoisotopic (exact) mass is 402 g/mol. The number of para-hydroxylation sites is 1. The number of amides is 1. The first-order valence-corrected chi connectivity index (χ1v) is 9.47. The second kappa shape index (κ2) is 7.40. The molecule has 2 aromatic heterocycles. The minimum atomic E-state index is -0.909. The lowest BCUT2D eigenvalue weighted by molar-refractivity contribution is 0.0870. The standard InChI is InChI=1S/C22H18N4O4/c27-22(28)25-12-15(13-25)26-11-10-19-20(26)21(24-14-23-19)30-18-8-6-17(7-9-18)29-16-4-2-1-3-5-16/h1-11,14-15H,12-13H2,(H,27,28). The van der Waals surface area contributed by atoms with Gasteiger partial charge in [-0.15, -0.1) is 0 Å². The van der Waals surface area contributed by atoms with Crippen molar-refractivity contribution in [2.24, 2.45) is 0 Å². The Morgan fingerprint density at radius 3 is 2.27 bits per heavy atom. The van der Waals surface area contributed by atoms with Crippen molar-refractivity contribution in [2.75, 3.05) is 13.1 Å². The van der Waals surface area contributed by atoms with E-state index >= 15 is 0 Å². The van der Waals surface area contributed by atoms with Crippen LogP contribution in [0.1, 0.15) is 6.04 Å². The van der Waals surface area contributed by atoms with E-state index in [4.69, 9.17) is 14.6 Å². The van der Waals surface area contributed by atoms with Crippen molar-refractivity contribution in [3.8, 4) is 23.1 Å². The minimum absolute atomic E-state index is 0.0357. The minimum Gasteiger partial charge on any atom is -0.465 e. The first kappa shape index (κ1) is 18.0. The molecule has 3 heterocycles. The van der Waals surface area contributed by atoms with Crippen LogP contribution in [0.15, 0.2) is 73.2 Å². The maximum absolute atomic E-state index is 11.1. The lowest BCUT2D eigenvalue weighted by Crippen LogP contribution is -2.49. The number of fused-ring (bicyclic) bond motifs is 1. The van der Waals surface area contributed by atoms with E-state index in [9.17, 15) is 4.79 Å². The molecular formula is C22H18N4O4. The molecule has 150 valence electrons. The molecule has 1 aliphatic heterocycles. The Balaban J connectivity index is 1.36. The number of rotatable bonds is 5. The highest BCUT2D eigenvalue weighted by molar-refractivity contribution is 5.81. The maximum atomic E-state index is 11.1. The number of hydrogen-bond donors (Lipinski definition) is 1. The predicted molar refractivity (Wildman–Crippen MR) is 109 cm³/mol. The Morgan fingerprint density at radius 1 is 0.900 bits per heavy atom. The second-order valence-electron chi connectivity index (χ2n) is 6.97. The Morgan fingerprint density at radius 2 is 1.57 bits per heavy atom. The number of hydrogen-bond acceptors (Lipinski definition) is 5. The average molecular weight is 402 g/mol. The molecule has 2 aromatic carbocycles. The first-order valence-electron chi connectivity index (χ1n) is 9.47. The van der Waals surface area contributed by atoms with Crippen molar-refractivity contribution in [3.63, 3.8) is 0 Å². The number of carbonyl (C=O) groups is 1. The summed E-state index contributed by atoms with van der Waals surface area (Å²) in [6.07, 6.45) is 2.44. The van der Waals surface area contributed by atoms with Crippen molar-refractivity contribution >= 4 is 17.1 Å². The molecule has 8 nitrogen and oxygen atoms in total. The fraction of sp³-hybridized carbons (Fsp3) is 0.136. The molecule has 1 saturated heterocycles. The predicted octanol–water partition coefficient (Wildman–Crippen LogP) is 4.55. The molecule has 4 aromatic rings. The SMILES string of the molecule is O=C(O)N1CC(n2ccc3ncnc(Oc4ccc(Oc5ccccc5)cc4)c32)C1. The van der Waals surface area contributed by atoms with Gasteiger partial charge in [-0.2, -0.15) is 4.98 Å². The summed E-state index contributed by atoms with van der Waals surface area (Å²) in [5, 5.41) is 9.08. The Hall–Kier alpha value is -4.07. The first-order chi connectivity index (χ1) is 14.7. The van der Waals surface area contributed by atoms with Gasteiger partial charge in [-0.25, -0.2) is 9.78 Å². The number of nitrogens with zero attached hydrogens (tertiary/aromatic N) is 4. The van der Waals surface area contributed by atoms with Crippen LogP contribution in [0, 0.1) is 0 Å². The number of ether oxygens (including phenoxy) is 2. The zero-order chi connectivity index (χ0) is 20.5. The summed E-state index contributed by atoms with van der Waals surface area (Å²) in [6, 6.07) is 18.8. The van der Waals surface area contributed by atoms with Gasteiger partial charge in [-0.3, -0.25) is 0 Å². The lowest BCUT2D eigenvalue weighted by atomic mass is 10.1. The zero-order valence-electron chi connectivity index (χ0n) is 15.9. The third-order valence-corrected chi connectivity index (χ3v) is 5.01. The molecule has 1 fully saturated rings. The van der Waals surface area contributed by atoms with Crippen LogP contribution in [0.4, 0.5) is 4.79 Å². The van der Waals surface area contributed by atoms with E-state index < -0.39 is 6.09 Å². The van der Waals surface area contributed by atoms with Crippen LogP contribution in [0.5, 0.6) is 23.1 Å². The molecule has 5 rings (SSSR count). The molecule has 0 saturated carbocycles. The van der Waals surface area contributed by atoms with Gasteiger partial charge < -0.3 is 24.0 Å². The molecule has 0 radical (unpaired) electrons. The molecule has 8 heteroatoms. The third kappa shape index (κ3) is 3.39. The summed E-state index contributed by atoms with van der Waals surface area (Å²) in [6.45, 7) is 0.859. The molecule has 0 spiro atoms. The van der Waals surface area contributed by atoms with Crippen LogP contribution in [0.2, 0.25) is 0 Å². The summed E-state index contributed by atoms with van der Waals surface area (Å²) < 4.78 is 13.8. The summed E-state index contributed by atoms with van der Waals surface area (Å²) in [5.74, 6) is 2.50. The number of benzene rings is 2. The van der Waals surface area contributed by atoms with Crippen molar-refractivity contribution in [3.05, 3.63) is 73.2 Å². The van der Waals surface area contributed by atoms with Gasteiger partial charge in [-0.1, -0.05) is 18.2 Å². The van der Waals surface area contributed by atoms with E-state index in [1.165, 1.54) is 11.2 Å². The second-order valence-corrected chi connectivity index (χ2v) is 6.97. The van der Waals surface area contributed by atoms with Crippen molar-refractivity contribution in [1.82, 2.24) is 19.4 Å². The van der Waals surface area contributed by atoms with Gasteiger partial charge in [0.1, 0.15) is 29.1 Å². The Bertz CT molecular complexity index is 1180. The number of carboxylic acid groups (broad SMARTS) is 1. The molecule has 0 bridgehead atoms. The van der Waals surface area contributed by atoms with E-state index in [1.807, 2.05) is 71.4 Å². The Labute approximate surface area is 171 Å². The van der Waals surface area contributed by atoms with Gasteiger partial charge >= 0.3 is 6.09 Å². The molecule has 1 aliphatic rings. The van der Waals surface area contributed by atoms with Crippen LogP contribution >= 0.6 is 0 Å². The summed E-state index contributed by atoms with van der Waals surface area (Å²) in [7, 11) is 0. The van der Waals surface area contributed by atoms with Crippen molar-refractivity contribution < 1.29 is 19.4 Å². The smallest absolute Gasteiger partial charge is 0.407 e. The molecule has 0 atom stereocenters. The Kier molecular flexibility index (Phi) is 4.44. The quantitative estimate of drug-likeness (QED) is 0.527. The van der Waals surface area contributed by atoms with Gasteiger partial charge in [0.2, 0.25) is 5.88 Å². The fourth-order valence-electron chi connectivity index (χ4n) is 3.44. The topological polar surface area (TPSA) is 89.7 Å². The van der Waals surface area contributed by atoms with E-state index in [2.05, 4.69) is 9.97 Å². The highest BCUT2D eigenvalue weighted by Gasteiger charge is 2.33. The summed E-state index contributed by atoms with van der Waals surface area (Å²) in [5.41, 5.74) is 1.50. The maximum Gasteiger partial charge on any atom is 0.407 e. The normalized spacial score (nSPS) is 13.8. The van der Waals surface area contributed by atoms with Crippen LogP contribution in [-0.2, 0) is 0 Å². The molecule has 1 amide bonds. The molecule has 0 aliphatic carbocycles. The largest absolute Gasteiger partial charge is 0.465 e. The van der Waals surface area contributed by atoms with E-state index in [0.29, 0.717) is 30.5 Å². The van der Waals surface area contributed by atoms with E-state index in [-0.39, 0.29) is 6.04 Å². The van der Waals surface area contributed by atoms with Crippen LogP contribution in [0.25, 0.3) is 11.0 Å². The van der Waals surface area contributed by atoms with Crippen molar-refractivity contribution in [1.29, 1.82) is 0 Å². The van der Waals surface area contributed by atoms with Gasteiger partial charge in [-0.05, 0) is 42.5 Å². The van der Waals surface area contributed by atoms with Gasteiger partial charge in [0.25, 0.3) is 0 Å². The lowest BCUT2D eigenvalue weighted by Gasteiger charge is -2.38. The molecule has 1 N–H and O–H groups in total. The highest BCUT2D eigenvalue weighted by atomic mass is 16.5. The van der Waals surface area contributed by atoms with Gasteiger partial charge in [0.15, 0.2) is 0 Å². The summed E-state index contributed by atoms with van der Waals surface area (Å²) >= 11 is 0. The van der Waals surface area contributed by atoms with Gasteiger partial charge in [0, 0.05) is 19.3 Å². The van der Waals surface area contributed by atoms with Crippen LogP contribution in [-0.4, -0.2) is 43.7 Å². The number of aromatic nitrogens is 3. The third-order valence-electron chi connectivity index (χ3n) is 5.01. The van der Waals surface area contributed by atoms with Crippen LogP contribution in [0.3, 0.4) is 0 Å². The van der Waals surface area contributed by atoms with Gasteiger partial charge in [0.05, 0.1) is 11.6 Å². The summed E-state index contributed by atoms with van der Waals surface area (Å²) in [4.78, 5) is 21.0. The van der Waals surface area contributed by atoms with E-state index in [0.717, 1.165) is 16.8 Å². The number of likely N-dealkylation sites (tertiary alicyclic amines) is 1. The fourth-order valence-corrected chi connectivity index (χ4v) is 3.44. The molecular weight excluding hydrogens is 384 g/mol. The highest BCUT2D eigenvalue weighted by Crippen LogP contribution is 2.33. The zero-order valence-corrected chi connectivity index (χ0v) is 15.9.